The van der Waals surface area contributed by atoms with E-state index in [1.165, 1.54) is 18.6 Å². The zero-order valence-electron chi connectivity index (χ0n) is 14.0. The van der Waals surface area contributed by atoms with Crippen LogP contribution < -0.4 is 5.32 Å². The van der Waals surface area contributed by atoms with Gasteiger partial charge in [-0.1, -0.05) is 0 Å². The number of halogens is 1. The van der Waals surface area contributed by atoms with E-state index in [0.717, 1.165) is 38.1 Å². The molecule has 0 saturated carbocycles. The molecule has 1 aromatic rings. The Morgan fingerprint density at radius 1 is 1.33 bits per heavy atom. The van der Waals surface area contributed by atoms with Gasteiger partial charge in [0.25, 0.3) is 0 Å². The highest BCUT2D eigenvalue weighted by Crippen LogP contribution is 2.19. The number of carbonyl (C=O) groups is 1. The normalized spacial score (nSPS) is 19.2. The van der Waals surface area contributed by atoms with Crippen molar-refractivity contribution >= 4 is 15.7 Å². The predicted molar refractivity (Wildman–Crippen MR) is 90.9 cm³/mol. The molecule has 0 bridgehead atoms. The van der Waals surface area contributed by atoms with E-state index in [0.29, 0.717) is 12.3 Å². The third-order valence-corrected chi connectivity index (χ3v) is 6.10. The van der Waals surface area contributed by atoms with Gasteiger partial charge in [0.1, 0.15) is 5.82 Å². The summed E-state index contributed by atoms with van der Waals surface area (Å²) in [5.41, 5.74) is 0. The largest absolute Gasteiger partial charge is 0.355 e. The van der Waals surface area contributed by atoms with E-state index < -0.39 is 15.7 Å². The van der Waals surface area contributed by atoms with E-state index in [4.69, 9.17) is 0 Å². The molecule has 0 aromatic heterocycles. The molecule has 1 N–H and O–H groups in total. The van der Waals surface area contributed by atoms with E-state index in [2.05, 4.69) is 17.3 Å². The minimum atomic E-state index is -3.50. The number of hydrogen-bond acceptors (Lipinski definition) is 4. The van der Waals surface area contributed by atoms with Crippen LogP contribution in [0, 0.1) is 11.7 Å². The fourth-order valence-corrected chi connectivity index (χ4v) is 4.17. The molecule has 1 amide bonds. The number of piperidine rings is 1. The molecule has 1 heterocycles. The Hall–Kier alpha value is -1.47. The maximum absolute atomic E-state index is 12.8. The van der Waals surface area contributed by atoms with Crippen molar-refractivity contribution in [2.75, 3.05) is 32.4 Å². The van der Waals surface area contributed by atoms with Gasteiger partial charge in [-0.3, -0.25) is 4.79 Å². The van der Waals surface area contributed by atoms with Gasteiger partial charge in [0, 0.05) is 19.5 Å². The lowest BCUT2D eigenvalue weighted by molar-refractivity contribution is -0.121. The zero-order valence-corrected chi connectivity index (χ0v) is 14.8. The van der Waals surface area contributed by atoms with E-state index in [1.54, 1.807) is 0 Å². The standard InChI is InChI=1S/C17H25FN2O3S/c1-20-11-2-3-14(13-20)4-9-17(21)19-10-12-24(22,23)16-7-5-15(18)6-8-16/h5-8,14H,2-4,9-13H2,1H3,(H,19,21). The summed E-state index contributed by atoms with van der Waals surface area (Å²) in [6.45, 7) is 2.21. The molecule has 0 radical (unpaired) electrons. The van der Waals surface area contributed by atoms with E-state index in [9.17, 15) is 17.6 Å². The van der Waals surface area contributed by atoms with Crippen molar-refractivity contribution in [3.63, 3.8) is 0 Å². The Morgan fingerprint density at radius 2 is 2.04 bits per heavy atom. The van der Waals surface area contributed by atoms with Crippen LogP contribution in [0.2, 0.25) is 0 Å². The molecule has 134 valence electrons. The Morgan fingerprint density at radius 3 is 2.71 bits per heavy atom. The molecule has 7 heteroatoms. The third kappa shape index (κ3) is 5.87. The number of nitrogens with zero attached hydrogens (tertiary/aromatic N) is 1. The number of sulfone groups is 1. The van der Waals surface area contributed by atoms with Crippen LogP contribution in [0.25, 0.3) is 0 Å². The number of likely N-dealkylation sites (tertiary alicyclic amines) is 1. The Bertz CT molecular complexity index is 646. The van der Waals surface area contributed by atoms with Crippen molar-refractivity contribution in [3.8, 4) is 0 Å². The van der Waals surface area contributed by atoms with Crippen molar-refractivity contribution in [1.82, 2.24) is 10.2 Å². The molecule has 1 unspecified atom stereocenters. The van der Waals surface area contributed by atoms with Crippen LogP contribution in [0.5, 0.6) is 0 Å². The van der Waals surface area contributed by atoms with Crippen LogP contribution in [0.15, 0.2) is 29.2 Å². The van der Waals surface area contributed by atoms with Gasteiger partial charge in [-0.2, -0.15) is 0 Å². The molecule has 24 heavy (non-hydrogen) atoms. The maximum Gasteiger partial charge on any atom is 0.220 e. The van der Waals surface area contributed by atoms with Crippen molar-refractivity contribution in [3.05, 3.63) is 30.1 Å². The first-order valence-corrected chi connectivity index (χ1v) is 9.95. The second kappa shape index (κ2) is 8.58. The van der Waals surface area contributed by atoms with Gasteiger partial charge in [0.15, 0.2) is 9.84 Å². The molecular weight excluding hydrogens is 331 g/mol. The van der Waals surface area contributed by atoms with Crippen molar-refractivity contribution in [2.45, 2.75) is 30.6 Å². The van der Waals surface area contributed by atoms with Crippen molar-refractivity contribution in [2.24, 2.45) is 5.92 Å². The van der Waals surface area contributed by atoms with Crippen LogP contribution >= 0.6 is 0 Å². The van der Waals surface area contributed by atoms with Gasteiger partial charge in [-0.05, 0) is 63.0 Å². The Kier molecular flexibility index (Phi) is 6.74. The molecule has 1 atom stereocenters. The average molecular weight is 356 g/mol. The van der Waals surface area contributed by atoms with E-state index in [-0.39, 0.29) is 23.1 Å². The maximum atomic E-state index is 12.8. The molecule has 0 aliphatic carbocycles. The number of amides is 1. The highest BCUT2D eigenvalue weighted by molar-refractivity contribution is 7.91. The van der Waals surface area contributed by atoms with Gasteiger partial charge < -0.3 is 10.2 Å². The highest BCUT2D eigenvalue weighted by atomic mass is 32.2. The topological polar surface area (TPSA) is 66.5 Å². The summed E-state index contributed by atoms with van der Waals surface area (Å²) in [6, 6.07) is 4.72. The third-order valence-electron chi connectivity index (χ3n) is 4.37. The van der Waals surface area contributed by atoms with Gasteiger partial charge in [0.2, 0.25) is 5.91 Å². The van der Waals surface area contributed by atoms with Gasteiger partial charge in [-0.15, -0.1) is 0 Å². The number of hydrogen-bond donors (Lipinski definition) is 1. The Labute approximate surface area is 143 Å². The quantitative estimate of drug-likeness (QED) is 0.757. The molecule has 1 aliphatic rings. The van der Waals surface area contributed by atoms with Crippen molar-refractivity contribution in [1.29, 1.82) is 0 Å². The fourth-order valence-electron chi connectivity index (χ4n) is 3.02. The molecule has 0 spiro atoms. The van der Waals surface area contributed by atoms with Gasteiger partial charge >= 0.3 is 0 Å². The molecular formula is C17H25FN2O3S. The van der Waals surface area contributed by atoms with E-state index in [1.807, 2.05) is 0 Å². The first-order chi connectivity index (χ1) is 11.4. The van der Waals surface area contributed by atoms with Crippen molar-refractivity contribution < 1.29 is 17.6 Å². The number of carbonyl (C=O) groups excluding carboxylic acids is 1. The van der Waals surface area contributed by atoms with Crippen LogP contribution in [-0.2, 0) is 14.6 Å². The molecule has 1 aliphatic heterocycles. The average Bonchev–Trinajstić information content (AvgIpc) is 2.53. The van der Waals surface area contributed by atoms with Crippen LogP contribution in [0.4, 0.5) is 4.39 Å². The smallest absolute Gasteiger partial charge is 0.220 e. The van der Waals surface area contributed by atoms with E-state index >= 15 is 0 Å². The first-order valence-electron chi connectivity index (χ1n) is 8.30. The number of benzene rings is 1. The molecule has 1 fully saturated rings. The van der Waals surface area contributed by atoms with Gasteiger partial charge in [-0.25, -0.2) is 12.8 Å². The van der Waals surface area contributed by atoms with Crippen LogP contribution in [0.3, 0.4) is 0 Å². The molecule has 2 rings (SSSR count). The summed E-state index contributed by atoms with van der Waals surface area (Å²) in [6.07, 6.45) is 3.57. The summed E-state index contributed by atoms with van der Waals surface area (Å²) in [5.74, 6) is -0.234. The lowest BCUT2D eigenvalue weighted by atomic mass is 9.93. The lowest BCUT2D eigenvalue weighted by Crippen LogP contribution is -2.33. The number of rotatable bonds is 7. The SMILES string of the molecule is CN1CCCC(CCC(=O)NCCS(=O)(=O)c2ccc(F)cc2)C1. The summed E-state index contributed by atoms with van der Waals surface area (Å²) in [4.78, 5) is 14.2. The fraction of sp³-hybridized carbons (Fsp3) is 0.588. The predicted octanol–water partition coefficient (Wildman–Crippen LogP) is 1.84. The highest BCUT2D eigenvalue weighted by Gasteiger charge is 2.18. The summed E-state index contributed by atoms with van der Waals surface area (Å²) >= 11 is 0. The minimum absolute atomic E-state index is 0.0725. The summed E-state index contributed by atoms with van der Waals surface area (Å²) in [5, 5.41) is 2.66. The first kappa shape index (κ1) is 18.9. The zero-order chi connectivity index (χ0) is 17.6. The second-order valence-corrected chi connectivity index (χ2v) is 8.54. The molecule has 1 aromatic carbocycles. The number of nitrogens with one attached hydrogen (secondary N) is 1. The monoisotopic (exact) mass is 356 g/mol. The molecule has 1 saturated heterocycles. The lowest BCUT2D eigenvalue weighted by Gasteiger charge is -2.29. The summed E-state index contributed by atoms with van der Waals surface area (Å²) < 4.78 is 37.0. The summed E-state index contributed by atoms with van der Waals surface area (Å²) in [7, 11) is -1.41. The van der Waals surface area contributed by atoms with Gasteiger partial charge in [0.05, 0.1) is 10.6 Å². The Balaban J connectivity index is 1.71. The van der Waals surface area contributed by atoms with Crippen LogP contribution in [-0.4, -0.2) is 51.7 Å². The van der Waals surface area contributed by atoms with Crippen LogP contribution in [0.1, 0.15) is 25.7 Å². The second-order valence-electron chi connectivity index (χ2n) is 6.43. The minimum Gasteiger partial charge on any atom is -0.355 e. The molecule has 5 nitrogen and oxygen atoms in total.